The quantitative estimate of drug-likeness (QED) is 0.625. The van der Waals surface area contributed by atoms with Crippen LogP contribution in [0, 0.1) is 12.3 Å². The number of piperazine rings is 1. The molecule has 8 nitrogen and oxygen atoms in total. The highest BCUT2D eigenvalue weighted by atomic mass is 16.1. The molecule has 0 spiro atoms. The zero-order chi connectivity index (χ0) is 21.9. The maximum atomic E-state index is 12.5. The van der Waals surface area contributed by atoms with Crippen molar-refractivity contribution in [2.24, 2.45) is 0 Å². The maximum Gasteiger partial charge on any atom is 0.270 e. The van der Waals surface area contributed by atoms with E-state index in [4.69, 9.17) is 6.42 Å². The van der Waals surface area contributed by atoms with E-state index in [9.17, 15) is 4.79 Å². The number of aromatic nitrogens is 4. The number of fused-ring (bicyclic) bond motifs is 1. The number of hydrogen-bond acceptors (Lipinski definition) is 7. The van der Waals surface area contributed by atoms with Crippen LogP contribution in [0.5, 0.6) is 0 Å². The highest BCUT2D eigenvalue weighted by molar-refractivity contribution is 5.71. The molecule has 2 fully saturated rings. The molecule has 1 aromatic carbocycles. The van der Waals surface area contributed by atoms with Crippen molar-refractivity contribution < 1.29 is 0 Å². The Balaban J connectivity index is 1.33. The Morgan fingerprint density at radius 1 is 1.03 bits per heavy atom. The van der Waals surface area contributed by atoms with Crippen LogP contribution in [0.25, 0.3) is 11.2 Å². The molecular weight excluding hydrogens is 402 g/mol. The van der Waals surface area contributed by atoms with E-state index in [0.29, 0.717) is 23.7 Å². The number of hydrogen-bond donors (Lipinski definition) is 1. The topological polar surface area (TPSA) is 79.2 Å². The molecule has 3 heterocycles. The molecule has 3 aromatic rings. The summed E-state index contributed by atoms with van der Waals surface area (Å²) in [5, 5.41) is 3.27. The first-order valence-corrected chi connectivity index (χ1v) is 11.2. The lowest BCUT2D eigenvalue weighted by molar-refractivity contribution is 0.288. The van der Waals surface area contributed by atoms with Crippen molar-refractivity contribution >= 4 is 28.5 Å². The summed E-state index contributed by atoms with van der Waals surface area (Å²) in [5.41, 5.74) is 3.23. The zero-order valence-electron chi connectivity index (χ0n) is 18.1. The lowest BCUT2D eigenvalue weighted by Gasteiger charge is -2.35. The van der Waals surface area contributed by atoms with Gasteiger partial charge in [0.15, 0.2) is 5.65 Å². The minimum atomic E-state index is -0.0965. The molecule has 0 bridgehead atoms. The van der Waals surface area contributed by atoms with E-state index in [1.807, 2.05) is 12.1 Å². The minimum absolute atomic E-state index is 0.0965. The maximum absolute atomic E-state index is 12.5. The van der Waals surface area contributed by atoms with Crippen LogP contribution >= 0.6 is 0 Å². The number of terminal acetylenes is 1. The van der Waals surface area contributed by atoms with Gasteiger partial charge < -0.3 is 10.2 Å². The van der Waals surface area contributed by atoms with E-state index in [0.717, 1.165) is 57.5 Å². The lowest BCUT2D eigenvalue weighted by atomic mass is 10.2. The molecule has 2 aromatic heterocycles. The van der Waals surface area contributed by atoms with Crippen LogP contribution < -0.4 is 15.8 Å². The molecule has 1 saturated carbocycles. The molecule has 164 valence electrons. The summed E-state index contributed by atoms with van der Waals surface area (Å²) in [7, 11) is 0. The molecule has 0 radical (unpaired) electrons. The van der Waals surface area contributed by atoms with Gasteiger partial charge in [0.25, 0.3) is 5.56 Å². The first kappa shape index (κ1) is 20.5. The van der Waals surface area contributed by atoms with Gasteiger partial charge in [0.05, 0.1) is 18.9 Å². The van der Waals surface area contributed by atoms with Crippen molar-refractivity contribution in [2.45, 2.75) is 31.7 Å². The third-order valence-corrected chi connectivity index (χ3v) is 6.40. The average molecular weight is 430 g/mol. The second-order valence-electron chi connectivity index (χ2n) is 8.45. The smallest absolute Gasteiger partial charge is 0.270 e. The second-order valence-corrected chi connectivity index (χ2v) is 8.45. The van der Waals surface area contributed by atoms with E-state index in [2.05, 4.69) is 48.1 Å². The van der Waals surface area contributed by atoms with Crippen LogP contribution in [0.2, 0.25) is 0 Å². The van der Waals surface area contributed by atoms with E-state index in [-0.39, 0.29) is 11.6 Å². The Labute approximate surface area is 187 Å². The van der Waals surface area contributed by atoms with Gasteiger partial charge in [-0.05, 0) is 37.1 Å². The number of anilines is 3. The summed E-state index contributed by atoms with van der Waals surface area (Å²) in [6.45, 7) is 4.60. The molecule has 0 amide bonds. The highest BCUT2D eigenvalue weighted by Crippen LogP contribution is 2.30. The van der Waals surface area contributed by atoms with Crippen LogP contribution in [-0.4, -0.2) is 57.1 Å². The Kier molecular flexibility index (Phi) is 5.73. The predicted molar refractivity (Wildman–Crippen MR) is 126 cm³/mol. The molecule has 1 N–H and O–H groups in total. The predicted octanol–water partition coefficient (Wildman–Crippen LogP) is 2.80. The van der Waals surface area contributed by atoms with Crippen LogP contribution in [0.4, 0.5) is 17.3 Å². The summed E-state index contributed by atoms with van der Waals surface area (Å²) < 4.78 is 1.80. The fourth-order valence-electron chi connectivity index (χ4n) is 4.68. The van der Waals surface area contributed by atoms with E-state index in [1.54, 1.807) is 10.8 Å². The number of nitrogens with zero attached hydrogens (tertiary/aromatic N) is 6. The molecular formula is C24H27N7O. The zero-order valence-corrected chi connectivity index (χ0v) is 18.1. The second kappa shape index (κ2) is 8.97. The molecule has 5 rings (SSSR count). The Morgan fingerprint density at radius 2 is 1.78 bits per heavy atom. The molecule has 32 heavy (non-hydrogen) atoms. The van der Waals surface area contributed by atoms with E-state index >= 15 is 0 Å². The van der Waals surface area contributed by atoms with Gasteiger partial charge >= 0.3 is 0 Å². The van der Waals surface area contributed by atoms with Gasteiger partial charge in [-0.15, -0.1) is 6.42 Å². The van der Waals surface area contributed by atoms with Crippen molar-refractivity contribution in [1.29, 1.82) is 0 Å². The standard InChI is InChI=1S/C24H27N7O/c1-2-11-29-12-14-30(15-13-29)19-9-7-18(8-10-19)27-24-26-16-21-23(28-24)31(22(32)17-25-21)20-5-3-4-6-20/h1,7-10,16-17,20H,3-6,11-15H2,(H,26,27,28). The molecule has 1 saturated heterocycles. The summed E-state index contributed by atoms with van der Waals surface area (Å²) in [6, 6.07) is 8.47. The van der Waals surface area contributed by atoms with Crippen molar-refractivity contribution in [3.63, 3.8) is 0 Å². The van der Waals surface area contributed by atoms with Crippen LogP contribution in [0.15, 0.2) is 41.5 Å². The SMILES string of the molecule is C#CCN1CCN(c2ccc(Nc3ncc4ncc(=O)n(C5CCCC5)c4n3)cc2)CC1. The lowest BCUT2D eigenvalue weighted by Crippen LogP contribution is -2.46. The monoisotopic (exact) mass is 429 g/mol. The Bertz CT molecular complexity index is 1180. The molecule has 1 aliphatic carbocycles. The van der Waals surface area contributed by atoms with Crippen molar-refractivity contribution in [2.75, 3.05) is 42.9 Å². The minimum Gasteiger partial charge on any atom is -0.369 e. The normalized spacial score (nSPS) is 17.5. The van der Waals surface area contributed by atoms with Gasteiger partial charge in [0.1, 0.15) is 5.52 Å². The summed E-state index contributed by atoms with van der Waals surface area (Å²) in [4.78, 5) is 30.5. The first-order valence-electron chi connectivity index (χ1n) is 11.2. The van der Waals surface area contributed by atoms with Gasteiger partial charge in [0.2, 0.25) is 5.95 Å². The summed E-state index contributed by atoms with van der Waals surface area (Å²) in [6.07, 6.45) is 12.8. The molecule has 0 atom stereocenters. The van der Waals surface area contributed by atoms with Gasteiger partial charge in [-0.1, -0.05) is 18.8 Å². The first-order chi connectivity index (χ1) is 15.7. The van der Waals surface area contributed by atoms with Gasteiger partial charge in [-0.25, -0.2) is 9.97 Å². The van der Waals surface area contributed by atoms with Crippen molar-refractivity contribution in [3.05, 3.63) is 47.0 Å². The third-order valence-electron chi connectivity index (χ3n) is 6.40. The number of rotatable bonds is 5. The largest absolute Gasteiger partial charge is 0.369 e. The van der Waals surface area contributed by atoms with Crippen molar-refractivity contribution in [3.8, 4) is 12.3 Å². The van der Waals surface area contributed by atoms with Gasteiger partial charge in [-0.3, -0.25) is 14.3 Å². The van der Waals surface area contributed by atoms with Crippen LogP contribution in [-0.2, 0) is 0 Å². The van der Waals surface area contributed by atoms with Crippen LogP contribution in [0.1, 0.15) is 31.7 Å². The summed E-state index contributed by atoms with van der Waals surface area (Å²) in [5.74, 6) is 3.19. The Morgan fingerprint density at radius 3 is 2.50 bits per heavy atom. The van der Waals surface area contributed by atoms with Gasteiger partial charge in [0, 0.05) is 43.6 Å². The molecule has 0 unspecified atom stereocenters. The van der Waals surface area contributed by atoms with Gasteiger partial charge in [-0.2, -0.15) is 4.98 Å². The van der Waals surface area contributed by atoms with Crippen LogP contribution in [0.3, 0.4) is 0 Å². The molecule has 2 aliphatic rings. The molecule has 1 aliphatic heterocycles. The number of benzene rings is 1. The molecule has 8 heteroatoms. The van der Waals surface area contributed by atoms with E-state index < -0.39 is 0 Å². The number of nitrogens with one attached hydrogen (secondary N) is 1. The van der Waals surface area contributed by atoms with E-state index in [1.165, 1.54) is 11.9 Å². The summed E-state index contributed by atoms with van der Waals surface area (Å²) >= 11 is 0. The fraction of sp³-hybridized carbons (Fsp3) is 0.417. The average Bonchev–Trinajstić information content (AvgIpc) is 3.35. The van der Waals surface area contributed by atoms with Crippen molar-refractivity contribution in [1.82, 2.24) is 24.4 Å². The third kappa shape index (κ3) is 4.16. The Hall–Kier alpha value is -3.44. The fourth-order valence-corrected chi connectivity index (χ4v) is 4.68. The highest BCUT2D eigenvalue weighted by Gasteiger charge is 2.21.